The molecule has 2 aliphatic heterocycles. The van der Waals surface area contributed by atoms with Gasteiger partial charge in [-0.2, -0.15) is 0 Å². The summed E-state index contributed by atoms with van der Waals surface area (Å²) in [5, 5.41) is 0.255. The Morgan fingerprint density at radius 1 is 1.15 bits per heavy atom. The van der Waals surface area contributed by atoms with Crippen LogP contribution in [-0.4, -0.2) is 46.7 Å². The quantitative estimate of drug-likeness (QED) is 0.762. The Kier molecular flexibility index (Phi) is 4.44. The molecule has 2 aromatic carbocycles. The molecule has 1 atom stereocenters. The van der Waals surface area contributed by atoms with E-state index in [9.17, 15) is 18.8 Å². The molecule has 2 aliphatic rings. The molecule has 1 fully saturated rings. The number of fused-ring (bicyclic) bond motifs is 1. The zero-order valence-electron chi connectivity index (χ0n) is 14.3. The molecule has 4 rings (SSSR count). The van der Waals surface area contributed by atoms with Crippen LogP contribution in [0.3, 0.4) is 0 Å². The number of rotatable bonds is 3. The van der Waals surface area contributed by atoms with Gasteiger partial charge in [-0.15, -0.1) is 0 Å². The SMILES string of the molecule is O=C(Cc1cccc(F)c1)N1CCC(N2C(=O)c3cccc(Cl)c3C2=O)C1. The normalized spacial score (nSPS) is 19.0. The van der Waals surface area contributed by atoms with Gasteiger partial charge in [0.1, 0.15) is 5.82 Å². The molecule has 0 aliphatic carbocycles. The molecule has 7 heteroatoms. The van der Waals surface area contributed by atoms with Crippen molar-refractivity contribution < 1.29 is 18.8 Å². The smallest absolute Gasteiger partial charge is 0.263 e. The van der Waals surface area contributed by atoms with E-state index >= 15 is 0 Å². The second-order valence-electron chi connectivity index (χ2n) is 6.73. The molecule has 2 aromatic rings. The van der Waals surface area contributed by atoms with Gasteiger partial charge in [0.2, 0.25) is 5.91 Å². The van der Waals surface area contributed by atoms with E-state index in [4.69, 9.17) is 11.6 Å². The van der Waals surface area contributed by atoms with Gasteiger partial charge in [-0.1, -0.05) is 29.8 Å². The fraction of sp³-hybridized carbons (Fsp3) is 0.250. The zero-order chi connectivity index (χ0) is 19.1. The van der Waals surface area contributed by atoms with E-state index in [1.54, 1.807) is 35.2 Å². The molecule has 0 radical (unpaired) electrons. The summed E-state index contributed by atoms with van der Waals surface area (Å²) in [5.41, 5.74) is 1.13. The van der Waals surface area contributed by atoms with Crippen LogP contribution in [0, 0.1) is 5.82 Å². The van der Waals surface area contributed by atoms with Gasteiger partial charge in [0.25, 0.3) is 11.8 Å². The van der Waals surface area contributed by atoms with Crippen molar-refractivity contribution in [3.63, 3.8) is 0 Å². The molecular formula is C20H16ClFN2O3. The molecule has 2 heterocycles. The molecule has 27 heavy (non-hydrogen) atoms. The number of likely N-dealkylation sites (tertiary alicyclic amines) is 1. The van der Waals surface area contributed by atoms with Crippen molar-refractivity contribution in [2.24, 2.45) is 0 Å². The van der Waals surface area contributed by atoms with Gasteiger partial charge in [-0.3, -0.25) is 19.3 Å². The van der Waals surface area contributed by atoms with Crippen LogP contribution in [0.15, 0.2) is 42.5 Å². The van der Waals surface area contributed by atoms with Crippen LogP contribution in [0.1, 0.15) is 32.7 Å². The third-order valence-electron chi connectivity index (χ3n) is 5.02. The molecule has 3 amide bonds. The van der Waals surface area contributed by atoms with Crippen molar-refractivity contribution in [3.8, 4) is 0 Å². The molecule has 0 spiro atoms. The lowest BCUT2D eigenvalue weighted by Gasteiger charge is -2.22. The minimum absolute atomic E-state index is 0.0818. The highest BCUT2D eigenvalue weighted by atomic mass is 35.5. The number of hydrogen-bond acceptors (Lipinski definition) is 3. The second-order valence-corrected chi connectivity index (χ2v) is 7.14. The highest BCUT2D eigenvalue weighted by Crippen LogP contribution is 2.32. The summed E-state index contributed by atoms with van der Waals surface area (Å²) in [4.78, 5) is 40.7. The summed E-state index contributed by atoms with van der Waals surface area (Å²) < 4.78 is 13.3. The topological polar surface area (TPSA) is 57.7 Å². The first-order valence-corrected chi connectivity index (χ1v) is 9.02. The van der Waals surface area contributed by atoms with Crippen LogP contribution in [-0.2, 0) is 11.2 Å². The van der Waals surface area contributed by atoms with Gasteiger partial charge in [0, 0.05) is 13.1 Å². The third-order valence-corrected chi connectivity index (χ3v) is 5.34. The summed E-state index contributed by atoms with van der Waals surface area (Å²) in [6, 6.07) is 10.3. The predicted octanol–water partition coefficient (Wildman–Crippen LogP) is 2.92. The second kappa shape index (κ2) is 6.78. The number of hydrogen-bond donors (Lipinski definition) is 0. The lowest BCUT2D eigenvalue weighted by atomic mass is 10.1. The monoisotopic (exact) mass is 386 g/mol. The Labute approximate surface area is 160 Å². The highest BCUT2D eigenvalue weighted by Gasteiger charge is 2.43. The van der Waals surface area contributed by atoms with E-state index in [-0.39, 0.29) is 47.2 Å². The van der Waals surface area contributed by atoms with Gasteiger partial charge in [0.15, 0.2) is 0 Å². The van der Waals surface area contributed by atoms with E-state index in [1.165, 1.54) is 17.0 Å². The lowest BCUT2D eigenvalue weighted by molar-refractivity contribution is -0.129. The zero-order valence-corrected chi connectivity index (χ0v) is 15.1. The minimum atomic E-state index is -0.412. The maximum atomic E-state index is 13.3. The van der Waals surface area contributed by atoms with Crippen molar-refractivity contribution in [1.29, 1.82) is 0 Å². The fourth-order valence-corrected chi connectivity index (χ4v) is 3.96. The van der Waals surface area contributed by atoms with Gasteiger partial charge >= 0.3 is 0 Å². The van der Waals surface area contributed by atoms with E-state index < -0.39 is 5.91 Å². The summed E-state index contributed by atoms with van der Waals surface area (Å²) in [5.74, 6) is -1.33. The Bertz CT molecular complexity index is 962. The van der Waals surface area contributed by atoms with Crippen LogP contribution in [0.4, 0.5) is 4.39 Å². The molecule has 0 aromatic heterocycles. The average Bonchev–Trinajstić information content (AvgIpc) is 3.19. The summed E-state index contributed by atoms with van der Waals surface area (Å²) in [6.07, 6.45) is 0.594. The molecule has 138 valence electrons. The van der Waals surface area contributed by atoms with Gasteiger partial charge < -0.3 is 4.90 Å². The van der Waals surface area contributed by atoms with Crippen molar-refractivity contribution in [1.82, 2.24) is 9.80 Å². The van der Waals surface area contributed by atoms with Crippen molar-refractivity contribution in [2.75, 3.05) is 13.1 Å². The average molecular weight is 387 g/mol. The van der Waals surface area contributed by atoms with Crippen LogP contribution in [0.5, 0.6) is 0 Å². The number of imide groups is 1. The van der Waals surface area contributed by atoms with Crippen LogP contribution in [0.2, 0.25) is 5.02 Å². The number of carbonyl (C=O) groups excluding carboxylic acids is 3. The Morgan fingerprint density at radius 2 is 1.93 bits per heavy atom. The lowest BCUT2D eigenvalue weighted by Crippen LogP contribution is -2.42. The first kappa shape index (κ1) is 17.7. The van der Waals surface area contributed by atoms with E-state index in [0.29, 0.717) is 24.1 Å². The first-order valence-electron chi connectivity index (χ1n) is 8.64. The first-order chi connectivity index (χ1) is 13.0. The number of nitrogens with zero attached hydrogens (tertiary/aromatic N) is 2. The van der Waals surface area contributed by atoms with Gasteiger partial charge in [-0.05, 0) is 36.2 Å². The van der Waals surface area contributed by atoms with Crippen LogP contribution < -0.4 is 0 Å². The Morgan fingerprint density at radius 3 is 2.67 bits per heavy atom. The highest BCUT2D eigenvalue weighted by molar-refractivity contribution is 6.37. The molecule has 0 saturated carbocycles. The summed E-state index contributed by atoms with van der Waals surface area (Å²) >= 11 is 6.09. The maximum Gasteiger partial charge on any atom is 0.263 e. The van der Waals surface area contributed by atoms with Crippen LogP contribution in [0.25, 0.3) is 0 Å². The Balaban J connectivity index is 1.47. The molecule has 5 nitrogen and oxygen atoms in total. The van der Waals surface area contributed by atoms with Crippen molar-refractivity contribution in [3.05, 3.63) is 70.0 Å². The number of halogens is 2. The number of benzene rings is 2. The molecule has 1 saturated heterocycles. The standard InChI is InChI=1S/C20H16ClFN2O3/c21-16-6-2-5-15-18(16)20(27)24(19(15)26)14-7-8-23(11-14)17(25)10-12-3-1-4-13(22)9-12/h1-6,9,14H,7-8,10-11H2. The fourth-order valence-electron chi connectivity index (χ4n) is 3.71. The van der Waals surface area contributed by atoms with Crippen molar-refractivity contribution >= 4 is 29.3 Å². The molecule has 1 unspecified atom stereocenters. The van der Waals surface area contributed by atoms with E-state index in [1.807, 2.05) is 0 Å². The Hall–Kier alpha value is -2.73. The van der Waals surface area contributed by atoms with Gasteiger partial charge in [-0.25, -0.2) is 4.39 Å². The third kappa shape index (κ3) is 3.10. The summed E-state index contributed by atoms with van der Waals surface area (Å²) in [6.45, 7) is 0.719. The summed E-state index contributed by atoms with van der Waals surface area (Å²) in [7, 11) is 0. The number of carbonyl (C=O) groups is 3. The van der Waals surface area contributed by atoms with Crippen LogP contribution >= 0.6 is 11.6 Å². The molecular weight excluding hydrogens is 371 g/mol. The number of amides is 3. The van der Waals surface area contributed by atoms with Gasteiger partial charge in [0.05, 0.1) is 28.6 Å². The van der Waals surface area contributed by atoms with E-state index in [0.717, 1.165) is 0 Å². The molecule has 0 bridgehead atoms. The van der Waals surface area contributed by atoms with E-state index in [2.05, 4.69) is 0 Å². The predicted molar refractivity (Wildman–Crippen MR) is 97.0 cm³/mol. The van der Waals surface area contributed by atoms with Crippen molar-refractivity contribution in [2.45, 2.75) is 18.9 Å². The minimum Gasteiger partial charge on any atom is -0.340 e. The molecule has 0 N–H and O–H groups in total. The maximum absolute atomic E-state index is 13.3. The largest absolute Gasteiger partial charge is 0.340 e.